The molecule has 1 radical (unpaired) electrons. The second-order valence-corrected chi connectivity index (χ2v) is 9.79. The molecule has 0 saturated carbocycles. The maximum Gasteiger partial charge on any atom is 0.295 e. The Kier molecular flexibility index (Phi) is 8.13. The molecule has 0 aromatic heterocycles. The maximum atomic E-state index is 12.8. The van der Waals surface area contributed by atoms with Crippen LogP contribution < -0.4 is 0 Å². The summed E-state index contributed by atoms with van der Waals surface area (Å²) in [7, 11) is -9.19. The molecule has 3 aromatic carbocycles. The number of ketones is 1. The van der Waals surface area contributed by atoms with Gasteiger partial charge in [-0.2, -0.15) is 16.8 Å². The van der Waals surface area contributed by atoms with Gasteiger partial charge < -0.3 is 0 Å². The second-order valence-electron chi connectivity index (χ2n) is 6.14. The normalized spacial score (nSPS) is 11.6. The molecule has 0 bridgehead atoms. The SMILES string of the molecule is O=C(c1ccc(-c2ccc(S(=O)(=O)O)cc2)c(S(=O)(=O)O)c1)c1cc(Cl)ccc1Cl.[Na]. The summed E-state index contributed by atoms with van der Waals surface area (Å²) in [4.78, 5) is 11.8. The Morgan fingerprint density at radius 2 is 1.39 bits per heavy atom. The van der Waals surface area contributed by atoms with Crippen molar-refractivity contribution in [3.05, 3.63) is 81.8 Å². The van der Waals surface area contributed by atoms with E-state index in [0.717, 1.165) is 18.2 Å². The molecule has 31 heavy (non-hydrogen) atoms. The zero-order valence-corrected chi connectivity index (χ0v) is 20.9. The monoisotopic (exact) mass is 509 g/mol. The van der Waals surface area contributed by atoms with Gasteiger partial charge in [-0.1, -0.05) is 47.5 Å². The van der Waals surface area contributed by atoms with Crippen molar-refractivity contribution >= 4 is 78.8 Å². The van der Waals surface area contributed by atoms with Crippen LogP contribution in [0.15, 0.2) is 70.5 Å². The fourth-order valence-corrected chi connectivity index (χ4v) is 4.34. The van der Waals surface area contributed by atoms with E-state index in [1.807, 2.05) is 0 Å². The van der Waals surface area contributed by atoms with Gasteiger partial charge in [0.15, 0.2) is 5.78 Å². The molecule has 12 heteroatoms. The smallest absolute Gasteiger partial charge is 0.289 e. The number of benzene rings is 3. The average molecular weight is 510 g/mol. The van der Waals surface area contributed by atoms with E-state index in [4.69, 9.17) is 27.8 Å². The van der Waals surface area contributed by atoms with Crippen LogP contribution in [0.2, 0.25) is 10.0 Å². The zero-order valence-electron chi connectivity index (χ0n) is 15.8. The Bertz CT molecular complexity index is 1370. The van der Waals surface area contributed by atoms with Crippen molar-refractivity contribution in [2.75, 3.05) is 0 Å². The van der Waals surface area contributed by atoms with E-state index in [-0.39, 0.29) is 66.8 Å². The summed E-state index contributed by atoms with van der Waals surface area (Å²) >= 11 is 11.9. The van der Waals surface area contributed by atoms with E-state index in [9.17, 15) is 26.2 Å². The quantitative estimate of drug-likeness (QED) is 0.302. The maximum absolute atomic E-state index is 12.8. The molecule has 0 unspecified atom stereocenters. The van der Waals surface area contributed by atoms with E-state index < -0.39 is 30.9 Å². The van der Waals surface area contributed by atoms with Gasteiger partial charge in [-0.3, -0.25) is 13.9 Å². The van der Waals surface area contributed by atoms with Crippen LogP contribution in [0.3, 0.4) is 0 Å². The Morgan fingerprint density at radius 3 is 1.94 bits per heavy atom. The van der Waals surface area contributed by atoms with Crippen molar-refractivity contribution in [1.82, 2.24) is 0 Å². The zero-order chi connectivity index (χ0) is 22.3. The molecule has 0 aliphatic carbocycles. The first-order valence-corrected chi connectivity index (χ1v) is 11.7. The van der Waals surface area contributed by atoms with Crippen molar-refractivity contribution in [2.24, 2.45) is 0 Å². The van der Waals surface area contributed by atoms with Crippen molar-refractivity contribution in [1.29, 1.82) is 0 Å². The first kappa shape index (κ1) is 26.0. The van der Waals surface area contributed by atoms with Crippen LogP contribution in [0.1, 0.15) is 15.9 Å². The minimum absolute atomic E-state index is 0. The standard InChI is InChI=1S/C19H12Cl2O7S2.Na/c20-13-4-8-17(21)16(10-13)19(22)12-3-7-15(18(9-12)30(26,27)28)11-1-5-14(6-2-11)29(23,24)25;/h1-10H,(H,23,24,25)(H,26,27,28);. The van der Waals surface area contributed by atoms with Crippen molar-refractivity contribution < 1.29 is 30.7 Å². The van der Waals surface area contributed by atoms with Gasteiger partial charge in [-0.15, -0.1) is 0 Å². The van der Waals surface area contributed by atoms with Crippen LogP contribution in [0.25, 0.3) is 11.1 Å². The fraction of sp³-hybridized carbons (Fsp3) is 0. The van der Waals surface area contributed by atoms with Gasteiger partial charge in [-0.25, -0.2) is 0 Å². The van der Waals surface area contributed by atoms with Crippen LogP contribution in [0, 0.1) is 0 Å². The predicted octanol–water partition coefficient (Wildman–Crippen LogP) is 4.00. The number of carbonyl (C=O) groups is 1. The van der Waals surface area contributed by atoms with Gasteiger partial charge in [0.05, 0.1) is 9.92 Å². The van der Waals surface area contributed by atoms with E-state index >= 15 is 0 Å². The summed E-state index contributed by atoms with van der Waals surface area (Å²) in [6.07, 6.45) is 0. The first-order chi connectivity index (χ1) is 13.9. The molecule has 0 saturated heterocycles. The largest absolute Gasteiger partial charge is 0.295 e. The number of carbonyl (C=O) groups excluding carboxylic acids is 1. The summed E-state index contributed by atoms with van der Waals surface area (Å²) < 4.78 is 65.0. The van der Waals surface area contributed by atoms with E-state index in [0.29, 0.717) is 0 Å². The Balaban J connectivity index is 0.00000341. The minimum atomic E-state index is -4.76. The van der Waals surface area contributed by atoms with Crippen molar-refractivity contribution in [2.45, 2.75) is 9.79 Å². The number of rotatable bonds is 5. The number of hydrogen-bond donors (Lipinski definition) is 2. The summed E-state index contributed by atoms with van der Waals surface area (Å²) in [6, 6.07) is 12.5. The number of hydrogen-bond acceptors (Lipinski definition) is 5. The molecule has 7 nitrogen and oxygen atoms in total. The second kappa shape index (κ2) is 9.70. The third kappa shape index (κ3) is 5.95. The molecule has 3 rings (SSSR count). The molecular formula is C19H12Cl2NaO7S2. The third-order valence-electron chi connectivity index (χ3n) is 4.16. The topological polar surface area (TPSA) is 126 Å². The molecule has 0 aliphatic rings. The summed E-state index contributed by atoms with van der Waals surface area (Å²) in [5.74, 6) is -0.610. The molecule has 0 fully saturated rings. The first-order valence-electron chi connectivity index (χ1n) is 8.07. The molecule has 0 atom stereocenters. The van der Waals surface area contributed by atoms with Gasteiger partial charge in [0, 0.05) is 51.3 Å². The molecule has 2 N–H and O–H groups in total. The molecule has 0 aliphatic heterocycles. The number of halogens is 2. The molecule has 0 spiro atoms. The van der Waals surface area contributed by atoms with Gasteiger partial charge in [0.25, 0.3) is 20.2 Å². The minimum Gasteiger partial charge on any atom is -0.289 e. The molecular weight excluding hydrogens is 498 g/mol. The molecule has 157 valence electrons. The van der Waals surface area contributed by atoms with Gasteiger partial charge >= 0.3 is 0 Å². The van der Waals surface area contributed by atoms with Gasteiger partial charge in [0.1, 0.15) is 4.90 Å². The fourth-order valence-electron chi connectivity index (χ4n) is 2.75. The molecule has 3 aromatic rings. The van der Waals surface area contributed by atoms with Crippen LogP contribution in [-0.4, -0.2) is 61.3 Å². The summed E-state index contributed by atoms with van der Waals surface area (Å²) in [6.45, 7) is 0. The van der Waals surface area contributed by atoms with Crippen LogP contribution in [0.5, 0.6) is 0 Å². The summed E-state index contributed by atoms with van der Waals surface area (Å²) in [5, 5.41) is 0.371. The third-order valence-corrected chi connectivity index (χ3v) is 6.48. The van der Waals surface area contributed by atoms with Gasteiger partial charge in [-0.05, 0) is 42.0 Å². The van der Waals surface area contributed by atoms with Crippen molar-refractivity contribution in [3.63, 3.8) is 0 Å². The average Bonchev–Trinajstić information content (AvgIpc) is 2.67. The van der Waals surface area contributed by atoms with E-state index in [1.165, 1.54) is 42.5 Å². The van der Waals surface area contributed by atoms with E-state index in [2.05, 4.69) is 0 Å². The predicted molar refractivity (Wildman–Crippen MR) is 117 cm³/mol. The van der Waals surface area contributed by atoms with Crippen LogP contribution >= 0.6 is 23.2 Å². The Labute approximate surface area is 210 Å². The summed E-state index contributed by atoms with van der Waals surface area (Å²) in [5.41, 5.74) is 0.240. The molecule has 0 heterocycles. The Hall–Kier alpha value is -1.27. The Morgan fingerprint density at radius 1 is 0.774 bits per heavy atom. The van der Waals surface area contributed by atoms with Crippen LogP contribution in [0.4, 0.5) is 0 Å². The van der Waals surface area contributed by atoms with Gasteiger partial charge in [0.2, 0.25) is 0 Å². The van der Waals surface area contributed by atoms with Crippen LogP contribution in [-0.2, 0) is 20.2 Å². The van der Waals surface area contributed by atoms with Crippen molar-refractivity contribution in [3.8, 4) is 11.1 Å². The van der Waals surface area contributed by atoms with E-state index in [1.54, 1.807) is 0 Å². The molecule has 0 amide bonds.